The summed E-state index contributed by atoms with van der Waals surface area (Å²) in [6.45, 7) is 0. The maximum atomic E-state index is 10.7. The van der Waals surface area contributed by atoms with Crippen molar-refractivity contribution >= 4 is 17.3 Å². The fourth-order valence-corrected chi connectivity index (χ4v) is 2.81. The first kappa shape index (κ1) is 8.72. The van der Waals surface area contributed by atoms with Gasteiger partial charge in [0.25, 0.3) is 0 Å². The van der Waals surface area contributed by atoms with Gasteiger partial charge < -0.3 is 10.8 Å². The predicted octanol–water partition coefficient (Wildman–Crippen LogP) is 1.78. The maximum absolute atomic E-state index is 10.7. The molecule has 13 heavy (non-hydrogen) atoms. The zero-order valence-electron chi connectivity index (χ0n) is 7.12. The molecular formula is C9H11NO2S. The maximum Gasteiger partial charge on any atom is 0.345 e. The molecule has 1 aromatic rings. The summed E-state index contributed by atoms with van der Waals surface area (Å²) in [6.07, 6.45) is 3.04. The van der Waals surface area contributed by atoms with E-state index in [-0.39, 0.29) is 6.04 Å². The summed E-state index contributed by atoms with van der Waals surface area (Å²) >= 11 is 1.37. The van der Waals surface area contributed by atoms with Gasteiger partial charge in [-0.1, -0.05) is 0 Å². The highest BCUT2D eigenvalue weighted by Crippen LogP contribution is 2.34. The fraction of sp³-hybridized carbons (Fsp3) is 0.444. The van der Waals surface area contributed by atoms with Crippen LogP contribution in [0.5, 0.6) is 0 Å². The van der Waals surface area contributed by atoms with Crippen molar-refractivity contribution in [2.45, 2.75) is 25.3 Å². The smallest absolute Gasteiger partial charge is 0.345 e. The summed E-state index contributed by atoms with van der Waals surface area (Å²) in [4.78, 5) is 12.3. The van der Waals surface area contributed by atoms with Gasteiger partial charge in [0.05, 0.1) is 0 Å². The van der Waals surface area contributed by atoms with E-state index in [9.17, 15) is 4.79 Å². The molecule has 0 saturated heterocycles. The molecule has 0 radical (unpaired) electrons. The fourth-order valence-electron chi connectivity index (χ4n) is 1.70. The monoisotopic (exact) mass is 197 g/mol. The van der Waals surface area contributed by atoms with Gasteiger partial charge in [0.15, 0.2) is 0 Å². The van der Waals surface area contributed by atoms with E-state index in [0.29, 0.717) is 4.88 Å². The van der Waals surface area contributed by atoms with E-state index in [2.05, 4.69) is 0 Å². The highest BCUT2D eigenvalue weighted by molar-refractivity contribution is 7.14. The Labute approximate surface area is 80.2 Å². The second-order valence-electron chi connectivity index (χ2n) is 3.29. The lowest BCUT2D eigenvalue weighted by molar-refractivity contribution is 0.0702. The number of hydrogen-bond donors (Lipinski definition) is 2. The molecule has 70 valence electrons. The van der Waals surface area contributed by atoms with Crippen LogP contribution in [0, 0.1) is 0 Å². The molecule has 0 aromatic carbocycles. The van der Waals surface area contributed by atoms with Gasteiger partial charge in [-0.3, -0.25) is 0 Å². The Kier molecular flexibility index (Phi) is 2.09. The van der Waals surface area contributed by atoms with Crippen molar-refractivity contribution in [1.29, 1.82) is 0 Å². The first-order valence-corrected chi connectivity index (χ1v) is 5.11. The Hall–Kier alpha value is -0.870. The molecule has 1 aliphatic carbocycles. The summed E-state index contributed by atoms with van der Waals surface area (Å²) in [7, 11) is 0. The number of aromatic carboxylic acids is 1. The molecule has 3 nitrogen and oxygen atoms in total. The average Bonchev–Trinajstić information content (AvgIpc) is 2.49. The van der Waals surface area contributed by atoms with Crippen LogP contribution in [0.2, 0.25) is 0 Å². The minimum Gasteiger partial charge on any atom is -0.477 e. The standard InChI is InChI=1S/C9H11NO2S/c10-6-2-1-3-7-5(6)4-8(13-7)9(11)12/h4,6H,1-3,10H2,(H,11,12). The second kappa shape index (κ2) is 3.12. The van der Waals surface area contributed by atoms with E-state index >= 15 is 0 Å². The van der Waals surface area contributed by atoms with Gasteiger partial charge >= 0.3 is 5.97 Å². The van der Waals surface area contributed by atoms with Crippen LogP contribution in [-0.2, 0) is 6.42 Å². The number of carboxylic acid groups (broad SMARTS) is 1. The van der Waals surface area contributed by atoms with Gasteiger partial charge in [-0.15, -0.1) is 11.3 Å². The molecule has 0 fully saturated rings. The zero-order chi connectivity index (χ0) is 9.42. The molecule has 1 atom stereocenters. The van der Waals surface area contributed by atoms with Crippen molar-refractivity contribution in [2.24, 2.45) is 5.73 Å². The van der Waals surface area contributed by atoms with Gasteiger partial charge in [0.1, 0.15) is 4.88 Å². The van der Waals surface area contributed by atoms with Crippen LogP contribution in [0.1, 0.15) is 39.0 Å². The molecule has 0 spiro atoms. The summed E-state index contributed by atoms with van der Waals surface area (Å²) in [6, 6.07) is 1.78. The molecule has 0 saturated carbocycles. The number of carbonyl (C=O) groups is 1. The highest BCUT2D eigenvalue weighted by atomic mass is 32.1. The van der Waals surface area contributed by atoms with Crippen molar-refractivity contribution in [1.82, 2.24) is 0 Å². The van der Waals surface area contributed by atoms with Crippen LogP contribution in [0.25, 0.3) is 0 Å². The minimum absolute atomic E-state index is 0.0492. The van der Waals surface area contributed by atoms with Gasteiger partial charge in [0, 0.05) is 10.9 Å². The third-order valence-electron chi connectivity index (χ3n) is 2.37. The van der Waals surface area contributed by atoms with Crippen LogP contribution in [0.3, 0.4) is 0 Å². The van der Waals surface area contributed by atoms with E-state index in [1.165, 1.54) is 11.3 Å². The summed E-state index contributed by atoms with van der Waals surface area (Å²) in [5.41, 5.74) is 6.92. The van der Waals surface area contributed by atoms with Gasteiger partial charge in [-0.05, 0) is 30.9 Å². The second-order valence-corrected chi connectivity index (χ2v) is 4.43. The first-order valence-electron chi connectivity index (χ1n) is 4.30. The molecule has 1 aromatic heterocycles. The molecule has 0 amide bonds. The third kappa shape index (κ3) is 1.47. The largest absolute Gasteiger partial charge is 0.477 e. The lowest BCUT2D eigenvalue weighted by Gasteiger charge is -2.17. The number of fused-ring (bicyclic) bond motifs is 1. The van der Waals surface area contributed by atoms with Crippen LogP contribution in [0.15, 0.2) is 6.07 Å². The highest BCUT2D eigenvalue weighted by Gasteiger charge is 2.21. The normalized spacial score (nSPS) is 21.2. The molecule has 0 bridgehead atoms. The summed E-state index contributed by atoms with van der Waals surface area (Å²) < 4.78 is 0. The topological polar surface area (TPSA) is 63.3 Å². The van der Waals surface area contributed by atoms with Gasteiger partial charge in [-0.2, -0.15) is 0 Å². The number of carboxylic acids is 1. The molecule has 2 rings (SSSR count). The first-order chi connectivity index (χ1) is 6.18. The van der Waals surface area contributed by atoms with Crippen molar-refractivity contribution in [3.8, 4) is 0 Å². The van der Waals surface area contributed by atoms with Crippen molar-refractivity contribution in [3.63, 3.8) is 0 Å². The predicted molar refractivity (Wildman–Crippen MR) is 51.1 cm³/mol. The Morgan fingerprint density at radius 3 is 3.08 bits per heavy atom. The number of nitrogens with two attached hydrogens (primary N) is 1. The SMILES string of the molecule is NC1CCCc2sc(C(=O)O)cc21. The molecular weight excluding hydrogens is 186 g/mol. The Bertz CT molecular complexity index is 345. The summed E-state index contributed by atoms with van der Waals surface area (Å²) in [5.74, 6) is -0.841. The van der Waals surface area contributed by atoms with Crippen LogP contribution < -0.4 is 5.73 Å². The summed E-state index contributed by atoms with van der Waals surface area (Å²) in [5, 5.41) is 8.79. The number of hydrogen-bond acceptors (Lipinski definition) is 3. The lowest BCUT2D eigenvalue weighted by Crippen LogP contribution is -2.15. The van der Waals surface area contributed by atoms with E-state index in [1.807, 2.05) is 0 Å². The molecule has 4 heteroatoms. The van der Waals surface area contributed by atoms with Crippen molar-refractivity contribution in [3.05, 3.63) is 21.4 Å². The van der Waals surface area contributed by atoms with Crippen LogP contribution in [-0.4, -0.2) is 11.1 Å². The Morgan fingerprint density at radius 1 is 1.69 bits per heavy atom. The molecule has 1 unspecified atom stereocenters. The Balaban J connectivity index is 2.42. The van der Waals surface area contributed by atoms with E-state index in [4.69, 9.17) is 10.8 Å². The zero-order valence-corrected chi connectivity index (χ0v) is 7.93. The van der Waals surface area contributed by atoms with Gasteiger partial charge in [0.2, 0.25) is 0 Å². The molecule has 3 N–H and O–H groups in total. The number of aryl methyl sites for hydroxylation is 1. The number of thiophene rings is 1. The average molecular weight is 197 g/mol. The van der Waals surface area contributed by atoms with Crippen LogP contribution >= 0.6 is 11.3 Å². The van der Waals surface area contributed by atoms with Gasteiger partial charge in [-0.25, -0.2) is 4.79 Å². The van der Waals surface area contributed by atoms with Crippen molar-refractivity contribution in [2.75, 3.05) is 0 Å². The van der Waals surface area contributed by atoms with E-state index in [0.717, 1.165) is 29.7 Å². The molecule has 0 aliphatic heterocycles. The minimum atomic E-state index is -0.841. The lowest BCUT2D eigenvalue weighted by atomic mass is 9.95. The Morgan fingerprint density at radius 2 is 2.46 bits per heavy atom. The van der Waals surface area contributed by atoms with Crippen LogP contribution in [0.4, 0.5) is 0 Å². The quantitative estimate of drug-likeness (QED) is 0.721. The van der Waals surface area contributed by atoms with E-state index in [1.54, 1.807) is 6.07 Å². The van der Waals surface area contributed by atoms with Crippen molar-refractivity contribution < 1.29 is 9.90 Å². The number of rotatable bonds is 1. The molecule has 1 heterocycles. The van der Waals surface area contributed by atoms with E-state index < -0.39 is 5.97 Å². The molecule has 1 aliphatic rings. The third-order valence-corrected chi connectivity index (χ3v) is 3.57.